The largest absolute Gasteiger partial charge is 0.384 e. The molecule has 0 atom stereocenters. The molecule has 20 heavy (non-hydrogen) atoms. The number of benzene rings is 1. The third-order valence-electron chi connectivity index (χ3n) is 4.84. The van der Waals surface area contributed by atoms with Crippen LogP contribution in [0, 0.1) is 11.8 Å². The third kappa shape index (κ3) is 2.54. The molecule has 1 saturated heterocycles. The summed E-state index contributed by atoms with van der Waals surface area (Å²) in [7, 11) is 0. The Labute approximate surface area is 121 Å². The van der Waals surface area contributed by atoms with Gasteiger partial charge in [-0.05, 0) is 48.8 Å². The molecule has 0 aromatic heterocycles. The van der Waals surface area contributed by atoms with Crippen molar-refractivity contribution in [1.82, 2.24) is 4.90 Å². The molecule has 0 radical (unpaired) electrons. The minimum Gasteiger partial charge on any atom is -0.384 e. The van der Waals surface area contributed by atoms with Crippen molar-refractivity contribution in [2.45, 2.75) is 33.1 Å². The fourth-order valence-electron chi connectivity index (χ4n) is 3.38. The smallest absolute Gasteiger partial charge is 0.253 e. The van der Waals surface area contributed by atoms with Crippen LogP contribution >= 0.6 is 0 Å². The van der Waals surface area contributed by atoms with Gasteiger partial charge in [0, 0.05) is 30.9 Å². The lowest BCUT2D eigenvalue weighted by Gasteiger charge is -2.34. The first kappa shape index (κ1) is 13.5. The summed E-state index contributed by atoms with van der Waals surface area (Å²) in [6, 6.07) is 6.12. The Hall–Kier alpha value is -1.51. The van der Waals surface area contributed by atoms with E-state index in [1.807, 2.05) is 17.0 Å². The Kier molecular flexibility index (Phi) is 3.68. The molecule has 3 heteroatoms. The highest BCUT2D eigenvalue weighted by Crippen LogP contribution is 2.27. The fraction of sp³-hybridized carbons (Fsp3) is 0.588. The number of carbonyl (C=O) groups is 1. The summed E-state index contributed by atoms with van der Waals surface area (Å²) in [4.78, 5) is 14.6. The van der Waals surface area contributed by atoms with Crippen LogP contribution in [0.2, 0.25) is 0 Å². The number of carbonyl (C=O) groups excluding carboxylic acids is 1. The molecule has 0 unspecified atom stereocenters. The van der Waals surface area contributed by atoms with Gasteiger partial charge >= 0.3 is 0 Å². The van der Waals surface area contributed by atoms with Gasteiger partial charge in [-0.15, -0.1) is 0 Å². The summed E-state index contributed by atoms with van der Waals surface area (Å²) in [5, 5.41) is 3.35. The van der Waals surface area contributed by atoms with Crippen molar-refractivity contribution in [1.29, 1.82) is 0 Å². The van der Waals surface area contributed by atoms with Crippen LogP contribution in [0.4, 0.5) is 5.69 Å². The Morgan fingerprint density at radius 2 is 2.05 bits per heavy atom. The van der Waals surface area contributed by atoms with Gasteiger partial charge in [0.15, 0.2) is 0 Å². The lowest BCUT2D eigenvalue weighted by molar-refractivity contribution is 0.0668. The maximum atomic E-state index is 12.6. The molecule has 2 aliphatic heterocycles. The Bertz CT molecular complexity index is 502. The molecule has 3 nitrogen and oxygen atoms in total. The van der Waals surface area contributed by atoms with Crippen molar-refractivity contribution >= 4 is 11.6 Å². The maximum absolute atomic E-state index is 12.6. The summed E-state index contributed by atoms with van der Waals surface area (Å²) in [5.74, 6) is 1.71. The van der Waals surface area contributed by atoms with E-state index in [0.717, 1.165) is 62.0 Å². The molecule has 0 bridgehead atoms. The van der Waals surface area contributed by atoms with E-state index in [1.54, 1.807) is 0 Å². The number of amides is 1. The highest BCUT2D eigenvalue weighted by atomic mass is 16.2. The van der Waals surface area contributed by atoms with Gasteiger partial charge in [0.1, 0.15) is 0 Å². The quantitative estimate of drug-likeness (QED) is 0.897. The molecule has 0 spiro atoms. The Morgan fingerprint density at radius 3 is 2.75 bits per heavy atom. The first-order valence-electron chi connectivity index (χ1n) is 7.81. The molecule has 1 aromatic rings. The van der Waals surface area contributed by atoms with E-state index in [4.69, 9.17) is 0 Å². The number of fused-ring (bicyclic) bond motifs is 1. The predicted molar refractivity (Wildman–Crippen MR) is 82.1 cm³/mol. The molecule has 0 aliphatic carbocycles. The molecule has 2 aliphatic rings. The van der Waals surface area contributed by atoms with Gasteiger partial charge in [0.05, 0.1) is 0 Å². The first-order valence-corrected chi connectivity index (χ1v) is 7.81. The van der Waals surface area contributed by atoms with Crippen molar-refractivity contribution in [3.05, 3.63) is 29.3 Å². The molecule has 0 saturated carbocycles. The number of hydrogen-bond acceptors (Lipinski definition) is 2. The van der Waals surface area contributed by atoms with Crippen LogP contribution in [0.1, 0.15) is 42.6 Å². The van der Waals surface area contributed by atoms with Crippen LogP contribution in [0.25, 0.3) is 0 Å². The van der Waals surface area contributed by atoms with Gasteiger partial charge in [0.25, 0.3) is 5.91 Å². The van der Waals surface area contributed by atoms with Crippen molar-refractivity contribution < 1.29 is 4.79 Å². The number of piperidine rings is 1. The SMILES string of the molecule is CC(C)C1CCN(C(=O)c2ccc3c(c2)NCC3)CC1. The third-order valence-corrected chi connectivity index (χ3v) is 4.84. The molecule has 1 aromatic carbocycles. The molecule has 1 amide bonds. The minimum atomic E-state index is 0.198. The van der Waals surface area contributed by atoms with E-state index >= 15 is 0 Å². The number of hydrogen-bond donors (Lipinski definition) is 1. The molecule has 2 heterocycles. The lowest BCUT2D eigenvalue weighted by atomic mass is 9.86. The fourth-order valence-corrected chi connectivity index (χ4v) is 3.38. The predicted octanol–water partition coefficient (Wildman–Crippen LogP) is 3.16. The number of nitrogens with one attached hydrogen (secondary N) is 1. The van der Waals surface area contributed by atoms with E-state index in [-0.39, 0.29) is 5.91 Å². The number of likely N-dealkylation sites (tertiary alicyclic amines) is 1. The monoisotopic (exact) mass is 272 g/mol. The standard InChI is InChI=1S/C17H24N2O/c1-12(2)13-6-9-19(10-7-13)17(20)15-4-3-14-5-8-18-16(14)11-15/h3-4,11-13,18H,5-10H2,1-2H3. The van der Waals surface area contributed by atoms with Crippen LogP contribution in [-0.4, -0.2) is 30.4 Å². The van der Waals surface area contributed by atoms with E-state index in [9.17, 15) is 4.79 Å². The van der Waals surface area contributed by atoms with Gasteiger partial charge in [0.2, 0.25) is 0 Å². The van der Waals surface area contributed by atoms with Gasteiger partial charge in [-0.3, -0.25) is 4.79 Å². The topological polar surface area (TPSA) is 32.3 Å². The van der Waals surface area contributed by atoms with Crippen molar-refractivity contribution in [3.8, 4) is 0 Å². The summed E-state index contributed by atoms with van der Waals surface area (Å²) in [6.07, 6.45) is 3.36. The zero-order valence-electron chi connectivity index (χ0n) is 12.5. The average Bonchev–Trinajstić information content (AvgIpc) is 2.94. The molecular formula is C17H24N2O. The molecular weight excluding hydrogens is 248 g/mol. The second kappa shape index (κ2) is 5.47. The molecule has 1 fully saturated rings. The zero-order chi connectivity index (χ0) is 14.1. The van der Waals surface area contributed by atoms with E-state index < -0.39 is 0 Å². The summed E-state index contributed by atoms with van der Waals surface area (Å²) < 4.78 is 0. The zero-order valence-corrected chi connectivity index (χ0v) is 12.5. The highest BCUT2D eigenvalue weighted by molar-refractivity contribution is 5.95. The number of anilines is 1. The van der Waals surface area contributed by atoms with E-state index in [1.165, 1.54) is 5.56 Å². The van der Waals surface area contributed by atoms with Gasteiger partial charge in [-0.25, -0.2) is 0 Å². The average molecular weight is 272 g/mol. The van der Waals surface area contributed by atoms with Gasteiger partial charge in [-0.1, -0.05) is 19.9 Å². The first-order chi connectivity index (χ1) is 9.65. The summed E-state index contributed by atoms with van der Waals surface area (Å²) in [5.41, 5.74) is 3.31. The molecule has 3 rings (SSSR count). The minimum absolute atomic E-state index is 0.198. The van der Waals surface area contributed by atoms with Gasteiger partial charge < -0.3 is 10.2 Å². The van der Waals surface area contributed by atoms with Crippen molar-refractivity contribution in [2.75, 3.05) is 25.0 Å². The van der Waals surface area contributed by atoms with Gasteiger partial charge in [-0.2, -0.15) is 0 Å². The summed E-state index contributed by atoms with van der Waals surface area (Å²) in [6.45, 7) is 7.38. The van der Waals surface area contributed by atoms with Crippen LogP contribution in [0.3, 0.4) is 0 Å². The normalized spacial score (nSPS) is 19.1. The maximum Gasteiger partial charge on any atom is 0.253 e. The second-order valence-corrected chi connectivity index (χ2v) is 6.42. The summed E-state index contributed by atoms with van der Waals surface area (Å²) >= 11 is 0. The van der Waals surface area contributed by atoms with E-state index in [0.29, 0.717) is 0 Å². The van der Waals surface area contributed by atoms with Crippen molar-refractivity contribution in [2.24, 2.45) is 11.8 Å². The number of nitrogens with zero attached hydrogens (tertiary/aromatic N) is 1. The van der Waals surface area contributed by atoms with Crippen LogP contribution < -0.4 is 5.32 Å². The highest BCUT2D eigenvalue weighted by Gasteiger charge is 2.25. The lowest BCUT2D eigenvalue weighted by Crippen LogP contribution is -2.39. The van der Waals surface area contributed by atoms with Crippen LogP contribution in [0.15, 0.2) is 18.2 Å². The second-order valence-electron chi connectivity index (χ2n) is 6.42. The van der Waals surface area contributed by atoms with Crippen LogP contribution in [-0.2, 0) is 6.42 Å². The Balaban J connectivity index is 1.68. The Morgan fingerprint density at radius 1 is 1.30 bits per heavy atom. The molecule has 108 valence electrons. The van der Waals surface area contributed by atoms with Crippen molar-refractivity contribution in [3.63, 3.8) is 0 Å². The van der Waals surface area contributed by atoms with E-state index in [2.05, 4.69) is 25.2 Å². The number of rotatable bonds is 2. The molecule has 1 N–H and O–H groups in total. The van der Waals surface area contributed by atoms with Crippen LogP contribution in [0.5, 0.6) is 0 Å².